The van der Waals surface area contributed by atoms with Gasteiger partial charge in [0.1, 0.15) is 5.75 Å². The number of likely N-dealkylation sites (tertiary alicyclic amines) is 1. The van der Waals surface area contributed by atoms with Crippen LogP contribution in [0.3, 0.4) is 0 Å². The van der Waals surface area contributed by atoms with Crippen molar-refractivity contribution in [3.63, 3.8) is 0 Å². The zero-order chi connectivity index (χ0) is 13.0. The molecule has 1 saturated heterocycles. The molecule has 0 aliphatic carbocycles. The molecular formula is C14H21NO3. The average Bonchev–Trinajstić information content (AvgIpc) is 2.41. The molecule has 0 aromatic heterocycles. The molecule has 1 unspecified atom stereocenters. The van der Waals surface area contributed by atoms with Crippen molar-refractivity contribution in [2.24, 2.45) is 0 Å². The average molecular weight is 251 g/mol. The molecule has 0 saturated carbocycles. The zero-order valence-electron chi connectivity index (χ0n) is 10.7. The molecule has 1 aromatic rings. The highest BCUT2D eigenvalue weighted by Gasteiger charge is 2.20. The van der Waals surface area contributed by atoms with E-state index in [1.54, 1.807) is 7.11 Å². The second-order valence-electron chi connectivity index (χ2n) is 4.82. The predicted molar refractivity (Wildman–Crippen MR) is 69.6 cm³/mol. The standard InChI is InChI=1S/C14H21NO3/c1-18-13-4-2-3-11(9-13)14(17)10-15-7-5-12(16)6-8-15/h2-4,9,12,14,16-17H,5-8,10H2,1H3. The minimum absolute atomic E-state index is 0.171. The number of β-amino-alcohol motifs (C(OH)–C–C–N with tert-alkyl or cyclic N) is 1. The van der Waals surface area contributed by atoms with E-state index in [4.69, 9.17) is 4.74 Å². The van der Waals surface area contributed by atoms with Gasteiger partial charge in [0.2, 0.25) is 0 Å². The monoisotopic (exact) mass is 251 g/mol. The van der Waals surface area contributed by atoms with Crippen LogP contribution in [0.25, 0.3) is 0 Å². The van der Waals surface area contributed by atoms with Crippen molar-refractivity contribution >= 4 is 0 Å². The quantitative estimate of drug-likeness (QED) is 0.844. The van der Waals surface area contributed by atoms with E-state index < -0.39 is 6.10 Å². The SMILES string of the molecule is COc1cccc(C(O)CN2CCC(O)CC2)c1. The molecule has 1 atom stereocenters. The molecule has 18 heavy (non-hydrogen) atoms. The summed E-state index contributed by atoms with van der Waals surface area (Å²) in [6.45, 7) is 2.31. The van der Waals surface area contributed by atoms with Crippen molar-refractivity contribution in [2.75, 3.05) is 26.7 Å². The molecule has 4 heteroatoms. The first kappa shape index (κ1) is 13.3. The largest absolute Gasteiger partial charge is 0.497 e. The van der Waals surface area contributed by atoms with Gasteiger partial charge < -0.3 is 19.8 Å². The Bertz CT molecular complexity index is 375. The van der Waals surface area contributed by atoms with E-state index in [1.165, 1.54) is 0 Å². The van der Waals surface area contributed by atoms with E-state index in [0.29, 0.717) is 6.54 Å². The first-order valence-corrected chi connectivity index (χ1v) is 6.41. The normalized spacial score (nSPS) is 19.7. The van der Waals surface area contributed by atoms with E-state index in [9.17, 15) is 10.2 Å². The second-order valence-corrected chi connectivity index (χ2v) is 4.82. The number of piperidine rings is 1. The summed E-state index contributed by atoms with van der Waals surface area (Å²) in [5, 5.41) is 19.6. The number of benzene rings is 1. The number of hydrogen-bond acceptors (Lipinski definition) is 4. The maximum Gasteiger partial charge on any atom is 0.119 e. The second kappa shape index (κ2) is 6.18. The van der Waals surface area contributed by atoms with Crippen molar-refractivity contribution in [1.29, 1.82) is 0 Å². The molecular weight excluding hydrogens is 230 g/mol. The Balaban J connectivity index is 1.92. The maximum absolute atomic E-state index is 10.2. The summed E-state index contributed by atoms with van der Waals surface area (Å²) < 4.78 is 5.15. The van der Waals surface area contributed by atoms with Crippen LogP contribution in [0.4, 0.5) is 0 Å². The lowest BCUT2D eigenvalue weighted by Crippen LogP contribution is -2.38. The molecule has 1 aliphatic heterocycles. The van der Waals surface area contributed by atoms with Crippen LogP contribution in [-0.2, 0) is 0 Å². The van der Waals surface area contributed by atoms with Gasteiger partial charge in [-0.05, 0) is 30.5 Å². The van der Waals surface area contributed by atoms with Crippen molar-refractivity contribution in [1.82, 2.24) is 4.90 Å². The van der Waals surface area contributed by atoms with Crippen molar-refractivity contribution < 1.29 is 14.9 Å². The molecule has 4 nitrogen and oxygen atoms in total. The molecule has 0 spiro atoms. The van der Waals surface area contributed by atoms with Gasteiger partial charge in [0, 0.05) is 19.6 Å². The highest BCUT2D eigenvalue weighted by Crippen LogP contribution is 2.21. The van der Waals surface area contributed by atoms with E-state index in [0.717, 1.165) is 37.2 Å². The van der Waals surface area contributed by atoms with Gasteiger partial charge in [-0.2, -0.15) is 0 Å². The van der Waals surface area contributed by atoms with Gasteiger partial charge in [0.25, 0.3) is 0 Å². The van der Waals surface area contributed by atoms with Gasteiger partial charge >= 0.3 is 0 Å². The maximum atomic E-state index is 10.2. The third-order valence-electron chi connectivity index (χ3n) is 3.47. The molecule has 2 N–H and O–H groups in total. The van der Waals surface area contributed by atoms with Crippen molar-refractivity contribution in [3.05, 3.63) is 29.8 Å². The van der Waals surface area contributed by atoms with Crippen LogP contribution >= 0.6 is 0 Å². The Kier molecular flexibility index (Phi) is 4.58. The van der Waals surface area contributed by atoms with Gasteiger partial charge in [-0.15, -0.1) is 0 Å². The van der Waals surface area contributed by atoms with Gasteiger partial charge in [0.15, 0.2) is 0 Å². The van der Waals surface area contributed by atoms with Crippen molar-refractivity contribution in [3.8, 4) is 5.75 Å². The Hall–Kier alpha value is -1.10. The van der Waals surface area contributed by atoms with E-state index in [-0.39, 0.29) is 6.10 Å². The van der Waals surface area contributed by atoms with Crippen LogP contribution in [0, 0.1) is 0 Å². The minimum atomic E-state index is -0.504. The fourth-order valence-electron chi connectivity index (χ4n) is 2.30. The molecule has 1 aliphatic rings. The lowest BCUT2D eigenvalue weighted by Gasteiger charge is -2.31. The molecule has 2 rings (SSSR count). The van der Waals surface area contributed by atoms with Gasteiger partial charge in [0.05, 0.1) is 19.3 Å². The number of aliphatic hydroxyl groups is 2. The summed E-state index contributed by atoms with van der Waals surface area (Å²) in [7, 11) is 1.62. The Morgan fingerprint density at radius 2 is 2.11 bits per heavy atom. The van der Waals surface area contributed by atoms with Gasteiger partial charge in [-0.25, -0.2) is 0 Å². The summed E-state index contributed by atoms with van der Waals surface area (Å²) in [6, 6.07) is 7.53. The van der Waals surface area contributed by atoms with Crippen molar-refractivity contribution in [2.45, 2.75) is 25.0 Å². The van der Waals surface area contributed by atoms with E-state index in [1.807, 2.05) is 24.3 Å². The summed E-state index contributed by atoms with van der Waals surface area (Å²) in [6.07, 6.45) is 0.918. The highest BCUT2D eigenvalue weighted by molar-refractivity contribution is 5.29. The predicted octanol–water partition coefficient (Wildman–Crippen LogP) is 1.19. The number of ether oxygens (including phenoxy) is 1. The Labute approximate surface area is 108 Å². The number of methoxy groups -OCH3 is 1. The molecule has 100 valence electrons. The summed E-state index contributed by atoms with van der Waals surface area (Å²) in [5.74, 6) is 0.764. The minimum Gasteiger partial charge on any atom is -0.497 e. The number of nitrogens with zero attached hydrogens (tertiary/aromatic N) is 1. The summed E-state index contributed by atoms with van der Waals surface area (Å²) in [4.78, 5) is 2.19. The summed E-state index contributed by atoms with van der Waals surface area (Å²) in [5.41, 5.74) is 0.875. The Morgan fingerprint density at radius 1 is 1.39 bits per heavy atom. The molecule has 1 heterocycles. The zero-order valence-corrected chi connectivity index (χ0v) is 10.7. The van der Waals surface area contributed by atoms with E-state index in [2.05, 4.69) is 4.90 Å². The smallest absolute Gasteiger partial charge is 0.119 e. The van der Waals surface area contributed by atoms with Gasteiger partial charge in [-0.1, -0.05) is 12.1 Å². The molecule has 1 aromatic carbocycles. The topological polar surface area (TPSA) is 52.9 Å². The number of aliphatic hydroxyl groups excluding tert-OH is 2. The lowest BCUT2D eigenvalue weighted by molar-refractivity contribution is 0.0507. The van der Waals surface area contributed by atoms with Crippen LogP contribution < -0.4 is 4.74 Å². The van der Waals surface area contributed by atoms with Gasteiger partial charge in [-0.3, -0.25) is 0 Å². The highest BCUT2D eigenvalue weighted by atomic mass is 16.5. The van der Waals surface area contributed by atoms with Crippen LogP contribution in [0.2, 0.25) is 0 Å². The Morgan fingerprint density at radius 3 is 2.78 bits per heavy atom. The molecule has 0 radical (unpaired) electrons. The number of rotatable bonds is 4. The molecule has 0 bridgehead atoms. The van der Waals surface area contributed by atoms with Crippen LogP contribution in [0.15, 0.2) is 24.3 Å². The van der Waals surface area contributed by atoms with Crippen LogP contribution in [-0.4, -0.2) is 48.0 Å². The number of hydrogen-bond donors (Lipinski definition) is 2. The molecule has 1 fully saturated rings. The van der Waals surface area contributed by atoms with Crippen LogP contribution in [0.1, 0.15) is 24.5 Å². The van der Waals surface area contributed by atoms with Crippen LogP contribution in [0.5, 0.6) is 5.75 Å². The lowest BCUT2D eigenvalue weighted by atomic mass is 10.1. The fourth-order valence-corrected chi connectivity index (χ4v) is 2.30. The van der Waals surface area contributed by atoms with E-state index >= 15 is 0 Å². The fraction of sp³-hybridized carbons (Fsp3) is 0.571. The summed E-state index contributed by atoms with van der Waals surface area (Å²) >= 11 is 0. The first-order chi connectivity index (χ1) is 8.69. The third kappa shape index (κ3) is 3.45. The third-order valence-corrected chi connectivity index (χ3v) is 3.47. The first-order valence-electron chi connectivity index (χ1n) is 6.41. The molecule has 0 amide bonds.